The Morgan fingerprint density at radius 2 is 1.61 bits per heavy atom. The first-order valence-electron chi connectivity index (χ1n) is 12.5. The van der Waals surface area contributed by atoms with Crippen molar-refractivity contribution in [2.24, 2.45) is 5.41 Å². The average Bonchev–Trinajstić information content (AvgIpc) is 2.98. The molecule has 0 spiro atoms. The van der Waals surface area contributed by atoms with Gasteiger partial charge in [0.1, 0.15) is 0 Å². The first-order valence-corrected chi connectivity index (χ1v) is 15.0. The van der Waals surface area contributed by atoms with Crippen molar-refractivity contribution >= 4 is 14.6 Å². The molecule has 2 aromatic carbocycles. The van der Waals surface area contributed by atoms with Gasteiger partial charge in [-0.05, 0) is 63.1 Å². The molecule has 1 N–H and O–H groups in total. The monoisotopic (exact) mass is 672 g/mol. The van der Waals surface area contributed by atoms with E-state index in [1.54, 1.807) is 22.8 Å². The second-order valence-corrected chi connectivity index (χ2v) is 14.0. The van der Waals surface area contributed by atoms with Crippen molar-refractivity contribution in [1.29, 1.82) is 0 Å². The number of nitrogens with one attached hydrogen (secondary N) is 1. The number of halogens is 2. The number of ether oxygens (including phenoxy) is 1. The molecule has 0 amide bonds. The van der Waals surface area contributed by atoms with Crippen LogP contribution in [0.15, 0.2) is 35.2 Å². The van der Waals surface area contributed by atoms with Crippen LogP contribution in [-0.4, -0.2) is 43.6 Å². The number of aryl methyl sites for hydroxylation is 3. The van der Waals surface area contributed by atoms with Crippen molar-refractivity contribution in [3.63, 3.8) is 0 Å². The molecule has 0 aliphatic carbocycles. The average molecular weight is 673 g/mol. The number of rotatable bonds is 7. The van der Waals surface area contributed by atoms with E-state index < -0.39 is 10.0 Å². The summed E-state index contributed by atoms with van der Waals surface area (Å²) in [6.45, 7) is 18.7. The molecule has 1 saturated heterocycles. The van der Waals surface area contributed by atoms with Crippen molar-refractivity contribution in [2.75, 3.05) is 20.7 Å². The van der Waals surface area contributed by atoms with Gasteiger partial charge >= 0.3 is 118 Å². The minimum absolute atomic E-state index is 0. The molecule has 0 bridgehead atoms. The van der Waals surface area contributed by atoms with Crippen LogP contribution in [0.2, 0.25) is 0 Å². The summed E-state index contributed by atoms with van der Waals surface area (Å²) in [6, 6.07) is 9.98. The molecule has 216 valence electrons. The molecule has 2 aromatic rings. The first kappa shape index (κ1) is 37.2. The van der Waals surface area contributed by atoms with Crippen molar-refractivity contribution in [3.8, 4) is 5.75 Å². The standard InChI is InChI=1S/C17H27N.C12H17NO3S.2ClH.Ru/c1-11-8-12(2)14(13(3)9-11)15-16(4,5)10-17(6,7)18-15;1-5-8-16-12-7-6-11(9-10(12)2)17(14,15)13(3)4;;;/h8-9,15,18H,10H2,1-7H3;2,6-7,9H,5,8H2,1,3-4H3;2*1H;/q;;;;+2/p-2. The maximum absolute atomic E-state index is 12.0. The Morgan fingerprint density at radius 1 is 1.05 bits per heavy atom. The third kappa shape index (κ3) is 9.11. The summed E-state index contributed by atoms with van der Waals surface area (Å²) in [6.07, 6.45) is 2.13. The second kappa shape index (κ2) is 14.7. The van der Waals surface area contributed by atoms with Gasteiger partial charge in [0, 0.05) is 11.6 Å². The number of sulfonamides is 1. The second-order valence-electron chi connectivity index (χ2n) is 11.4. The van der Waals surface area contributed by atoms with Crippen molar-refractivity contribution in [1.82, 2.24) is 9.62 Å². The van der Waals surface area contributed by atoms with Gasteiger partial charge in [0.2, 0.25) is 0 Å². The maximum atomic E-state index is 12.0. The van der Waals surface area contributed by atoms with Crippen LogP contribution in [0.25, 0.3) is 0 Å². The Bertz CT molecular complexity index is 1180. The Kier molecular flexibility index (Phi) is 14.4. The minimum atomic E-state index is -3.40. The molecular weight excluding hydrogens is 628 g/mol. The van der Waals surface area contributed by atoms with Gasteiger partial charge in [-0.3, -0.25) is 0 Å². The van der Waals surface area contributed by atoms with Crippen LogP contribution in [0.1, 0.15) is 81.3 Å². The summed E-state index contributed by atoms with van der Waals surface area (Å²) >= 11 is 2.37. The van der Waals surface area contributed by atoms with Gasteiger partial charge in [-0.25, -0.2) is 0 Å². The van der Waals surface area contributed by atoms with Crippen molar-refractivity contribution in [3.05, 3.63) is 58.1 Å². The van der Waals surface area contributed by atoms with Crippen molar-refractivity contribution < 1.29 is 55.8 Å². The van der Waals surface area contributed by atoms with E-state index in [4.69, 9.17) is 4.74 Å². The summed E-state index contributed by atoms with van der Waals surface area (Å²) in [7, 11) is -0.366. The zero-order valence-corrected chi connectivity index (χ0v) is 28.4. The van der Waals surface area contributed by atoms with Gasteiger partial charge in [0.05, 0.1) is 0 Å². The van der Waals surface area contributed by atoms with E-state index >= 15 is 0 Å². The smallest absolute Gasteiger partial charge is 0.0382 e. The van der Waals surface area contributed by atoms with Gasteiger partial charge in [0.25, 0.3) is 0 Å². The van der Waals surface area contributed by atoms with E-state index in [9.17, 15) is 8.42 Å². The van der Waals surface area contributed by atoms with E-state index in [1.165, 1.54) is 47.1 Å². The number of hydrogen-bond acceptors (Lipinski definition) is 4. The molecule has 1 aliphatic rings. The molecule has 38 heavy (non-hydrogen) atoms. The third-order valence-corrected chi connectivity index (χ3v) is 8.92. The summed E-state index contributed by atoms with van der Waals surface area (Å²) in [5, 5.41) is 3.84. The fourth-order valence-electron chi connectivity index (χ4n) is 5.31. The molecule has 0 radical (unpaired) electrons. The third-order valence-electron chi connectivity index (χ3n) is 6.57. The van der Waals surface area contributed by atoms with Gasteiger partial charge in [-0.1, -0.05) is 31.5 Å². The Morgan fingerprint density at radius 3 is 2.03 bits per heavy atom. The van der Waals surface area contributed by atoms with E-state index in [0.717, 1.165) is 12.0 Å². The van der Waals surface area contributed by atoms with Gasteiger partial charge < -0.3 is 30.1 Å². The predicted molar refractivity (Wildman–Crippen MR) is 147 cm³/mol. The molecule has 0 aromatic heterocycles. The van der Waals surface area contributed by atoms with Gasteiger partial charge in [-0.2, -0.15) is 0 Å². The first-order chi connectivity index (χ1) is 16.6. The fourth-order valence-corrected chi connectivity index (χ4v) is 6.64. The Labute approximate surface area is 253 Å². The molecule has 3 rings (SSSR count). The van der Waals surface area contributed by atoms with E-state index in [0.29, 0.717) is 23.8 Å². The van der Waals surface area contributed by atoms with Crippen LogP contribution in [0.4, 0.5) is 0 Å². The minimum Gasteiger partial charge on any atom is -1.00 e. The molecule has 0 saturated carbocycles. The van der Waals surface area contributed by atoms with E-state index in [2.05, 4.69) is 83.8 Å². The van der Waals surface area contributed by atoms with E-state index in [1.807, 2.05) is 6.92 Å². The van der Waals surface area contributed by atoms with Gasteiger partial charge in [-0.15, -0.1) is 0 Å². The summed E-state index contributed by atoms with van der Waals surface area (Å²) in [5.74, 6) is 0.702. The van der Waals surface area contributed by atoms with Crippen LogP contribution < -0.4 is 34.9 Å². The number of hydrogen-bond donors (Lipinski definition) is 1. The normalized spacial score (nSPS) is 17.5. The van der Waals surface area contributed by atoms with E-state index in [-0.39, 0.29) is 35.2 Å². The summed E-state index contributed by atoms with van der Waals surface area (Å²) in [5.41, 5.74) is 7.04. The predicted octanol–water partition coefficient (Wildman–Crippen LogP) is -0.118. The zero-order chi connectivity index (χ0) is 27.5. The molecule has 1 unspecified atom stereocenters. The maximum Gasteiger partial charge on any atom is 0.0382 e. The number of nitrogens with zero attached hydrogens (tertiary/aromatic N) is 1. The molecule has 5 nitrogen and oxygen atoms in total. The van der Waals surface area contributed by atoms with Crippen LogP contribution in [0, 0.1) is 26.2 Å². The summed E-state index contributed by atoms with van der Waals surface area (Å²) in [4.78, 5) is 0.271. The van der Waals surface area contributed by atoms with Gasteiger partial charge in [0.15, 0.2) is 0 Å². The SMILES string of the molecule is CCCOc1ccc(S(=O)(=O)N(C)C)cc1[CH]=[Ru+2].Cc1cc(C)c(C2NC(C)(C)CC2(C)C)c(C)c1.[Cl-].[Cl-]. The molecule has 1 fully saturated rings. The summed E-state index contributed by atoms with van der Waals surface area (Å²) < 4.78 is 32.5. The molecule has 9 heteroatoms. The molecule has 1 atom stereocenters. The van der Waals surface area contributed by atoms with Crippen LogP contribution >= 0.6 is 0 Å². The molecular formula is C29H44Cl2N2O3RuS. The van der Waals surface area contributed by atoms with Crippen LogP contribution in [0.3, 0.4) is 0 Å². The number of benzene rings is 2. The Balaban J connectivity index is 0.000000684. The zero-order valence-electron chi connectivity index (χ0n) is 24.4. The van der Waals surface area contributed by atoms with Crippen LogP contribution in [0.5, 0.6) is 5.75 Å². The molecule has 1 heterocycles. The van der Waals surface area contributed by atoms with Crippen molar-refractivity contribution in [2.45, 2.75) is 84.7 Å². The largest absolute Gasteiger partial charge is 1.00 e. The molecule has 1 aliphatic heterocycles. The topological polar surface area (TPSA) is 58.6 Å². The fraction of sp³-hybridized carbons (Fsp3) is 0.552. The Hall–Kier alpha value is -0.817. The quantitative estimate of drug-likeness (QED) is 0.418. The van der Waals surface area contributed by atoms with Crippen LogP contribution in [-0.2, 0) is 27.9 Å².